The van der Waals surface area contributed by atoms with E-state index in [1.165, 1.54) is 0 Å². The summed E-state index contributed by atoms with van der Waals surface area (Å²) in [4.78, 5) is 46.1. The number of alkyl halides is 6. The van der Waals surface area contributed by atoms with E-state index in [1.807, 2.05) is 46.2 Å². The molecule has 0 aromatic heterocycles. The Morgan fingerprint density at radius 1 is 0.761 bits per heavy atom. The number of carbonyl (C=O) groups excluding carboxylic acids is 4. The maximum atomic E-state index is 12.4. The fourth-order valence-corrected chi connectivity index (χ4v) is 5.46. The number of aldehydes is 2. The van der Waals surface area contributed by atoms with Crippen molar-refractivity contribution in [1.29, 1.82) is 0 Å². The van der Waals surface area contributed by atoms with Crippen molar-refractivity contribution in [3.05, 3.63) is 58.7 Å². The Hall–Kier alpha value is -4.18. The van der Waals surface area contributed by atoms with Crippen LogP contribution in [-0.4, -0.2) is 112 Å². The van der Waals surface area contributed by atoms with Gasteiger partial charge in [-0.1, -0.05) is 12.1 Å². The fourth-order valence-electron chi connectivity index (χ4n) is 5.46. The highest BCUT2D eigenvalue weighted by atomic mass is 19.4. The van der Waals surface area contributed by atoms with Crippen molar-refractivity contribution in [3.8, 4) is 11.5 Å². The second kappa shape index (κ2) is 15.9. The van der Waals surface area contributed by atoms with Crippen LogP contribution in [0.2, 0.25) is 0 Å². The summed E-state index contributed by atoms with van der Waals surface area (Å²) in [7, 11) is 3.27. The number of piperazine rings is 2. The summed E-state index contributed by atoms with van der Waals surface area (Å²) in [5.74, 6) is 1.81. The van der Waals surface area contributed by atoms with Gasteiger partial charge in [-0.15, -0.1) is 0 Å². The summed E-state index contributed by atoms with van der Waals surface area (Å²) >= 11 is 0. The van der Waals surface area contributed by atoms with Crippen molar-refractivity contribution in [2.75, 3.05) is 53.5 Å². The lowest BCUT2D eigenvalue weighted by Crippen LogP contribution is -2.56. The highest BCUT2D eigenvalue weighted by molar-refractivity contribution is 6.00. The molecule has 6 rings (SSSR count). The molecule has 4 aliphatic rings. The smallest absolute Gasteiger partial charge is 0.446 e. The molecule has 0 saturated carbocycles. The van der Waals surface area contributed by atoms with Crippen LogP contribution in [0, 0.1) is 0 Å². The molecule has 2 aromatic carbocycles. The largest absolute Gasteiger partial charge is 0.497 e. The van der Waals surface area contributed by atoms with Crippen LogP contribution < -0.4 is 20.1 Å². The predicted octanol–water partition coefficient (Wildman–Crippen LogP) is 2.83. The first-order valence-corrected chi connectivity index (χ1v) is 14.1. The van der Waals surface area contributed by atoms with Gasteiger partial charge in [0.15, 0.2) is 0 Å². The van der Waals surface area contributed by atoms with Gasteiger partial charge in [-0.25, -0.2) is 0 Å². The minimum atomic E-state index is -4.64. The molecular formula is C30H34F6N4O6. The summed E-state index contributed by atoms with van der Waals surface area (Å²) in [5, 5.41) is 6.68. The first kappa shape index (κ1) is 36.3. The molecule has 2 saturated heterocycles. The number of amides is 2. The Kier molecular flexibility index (Phi) is 12.5. The van der Waals surface area contributed by atoms with E-state index in [9.17, 15) is 35.9 Å². The Labute approximate surface area is 261 Å². The number of benzene rings is 2. The second-order valence-electron chi connectivity index (χ2n) is 10.5. The van der Waals surface area contributed by atoms with Gasteiger partial charge in [0.1, 0.15) is 11.5 Å². The Balaban J connectivity index is 0.000000187. The standard InChI is InChI=1S/2C13H16N2O2.2C2HF3O/c1-17-11-2-3-12-9(7-11)6-10-8-14-4-5-15(10)13(12)16;1-17-11-4-2-3-9-7-10-8-14-5-6-15(10)13(16)12(9)11;2*3-2(4,5)1-6/h2-3,7,10,14H,4-6,8H2,1H3;2-4,10,14H,5-8H2,1H3;2*1H/t2*10-;;/m11../s1. The molecule has 0 spiro atoms. The minimum absolute atomic E-state index is 0.121. The third-order valence-corrected chi connectivity index (χ3v) is 7.49. The van der Waals surface area contributed by atoms with Gasteiger partial charge in [0.2, 0.25) is 12.6 Å². The van der Waals surface area contributed by atoms with Crippen molar-refractivity contribution >= 4 is 24.4 Å². The molecule has 4 aliphatic heterocycles. The molecule has 46 heavy (non-hydrogen) atoms. The number of fused-ring (bicyclic) bond motifs is 4. The third kappa shape index (κ3) is 9.66. The Bertz CT molecular complexity index is 1360. The molecule has 2 amide bonds. The van der Waals surface area contributed by atoms with E-state index in [4.69, 9.17) is 19.1 Å². The van der Waals surface area contributed by atoms with Gasteiger partial charge in [0, 0.05) is 56.9 Å². The zero-order chi connectivity index (χ0) is 34.1. The minimum Gasteiger partial charge on any atom is -0.497 e. The van der Waals surface area contributed by atoms with E-state index >= 15 is 0 Å². The zero-order valence-electron chi connectivity index (χ0n) is 25.0. The lowest BCUT2D eigenvalue weighted by Gasteiger charge is -2.40. The number of hydrogen-bond donors (Lipinski definition) is 2. The van der Waals surface area contributed by atoms with Crippen LogP contribution in [0.25, 0.3) is 0 Å². The van der Waals surface area contributed by atoms with Gasteiger partial charge in [-0.3, -0.25) is 19.2 Å². The molecule has 10 nitrogen and oxygen atoms in total. The second-order valence-corrected chi connectivity index (χ2v) is 10.5. The van der Waals surface area contributed by atoms with Crippen LogP contribution in [0.1, 0.15) is 31.8 Å². The summed E-state index contributed by atoms with van der Waals surface area (Å²) < 4.78 is 73.0. The highest BCUT2D eigenvalue weighted by Gasteiger charge is 2.36. The third-order valence-electron chi connectivity index (χ3n) is 7.49. The number of ether oxygens (including phenoxy) is 2. The molecule has 16 heteroatoms. The molecule has 2 N–H and O–H groups in total. The average molecular weight is 661 g/mol. The molecule has 0 unspecified atom stereocenters. The normalized spacial score (nSPS) is 19.9. The van der Waals surface area contributed by atoms with Crippen LogP contribution >= 0.6 is 0 Å². The van der Waals surface area contributed by atoms with Crippen molar-refractivity contribution < 1.29 is 55.0 Å². The SMILES string of the molecule is COc1ccc2c(c1)C[C@@H]1CNCCN1C2=O.COc1cccc2c1C(=O)N1CCNC[C@H]1C2.O=CC(F)(F)F.O=CC(F)(F)F. The topological polar surface area (TPSA) is 117 Å². The van der Waals surface area contributed by atoms with Crippen LogP contribution in [0.4, 0.5) is 26.3 Å². The number of nitrogens with one attached hydrogen (secondary N) is 2. The predicted molar refractivity (Wildman–Crippen MR) is 153 cm³/mol. The maximum absolute atomic E-state index is 12.4. The zero-order valence-corrected chi connectivity index (χ0v) is 25.0. The van der Waals surface area contributed by atoms with Gasteiger partial charge < -0.3 is 29.9 Å². The molecule has 0 aliphatic carbocycles. The quantitative estimate of drug-likeness (QED) is 0.374. The number of hydrogen-bond acceptors (Lipinski definition) is 8. The van der Waals surface area contributed by atoms with Gasteiger partial charge in [0.25, 0.3) is 11.8 Å². The highest BCUT2D eigenvalue weighted by Crippen LogP contribution is 2.31. The fraction of sp³-hybridized carbons (Fsp3) is 0.467. The maximum Gasteiger partial charge on any atom is 0.446 e. The van der Waals surface area contributed by atoms with Gasteiger partial charge in [-0.05, 0) is 48.2 Å². The molecular weight excluding hydrogens is 626 g/mol. The molecule has 252 valence electrons. The van der Waals surface area contributed by atoms with Crippen LogP contribution in [-0.2, 0) is 22.4 Å². The van der Waals surface area contributed by atoms with Crippen LogP contribution in [0.5, 0.6) is 11.5 Å². The van der Waals surface area contributed by atoms with E-state index in [0.29, 0.717) is 17.8 Å². The number of carbonyl (C=O) groups is 4. The summed E-state index contributed by atoms with van der Waals surface area (Å²) in [6.07, 6.45) is -9.56. The molecule has 2 aromatic rings. The molecule has 0 radical (unpaired) electrons. The summed E-state index contributed by atoms with van der Waals surface area (Å²) in [5.41, 5.74) is 3.82. The monoisotopic (exact) mass is 660 g/mol. The lowest BCUT2D eigenvalue weighted by molar-refractivity contribution is -0.156. The van der Waals surface area contributed by atoms with E-state index in [0.717, 1.165) is 80.1 Å². The summed E-state index contributed by atoms with van der Waals surface area (Å²) in [6, 6.07) is 12.2. The molecule has 2 fully saturated rings. The molecule has 4 heterocycles. The van der Waals surface area contributed by atoms with Crippen molar-refractivity contribution in [1.82, 2.24) is 20.4 Å². The summed E-state index contributed by atoms with van der Waals surface area (Å²) in [6.45, 7) is 5.17. The van der Waals surface area contributed by atoms with Gasteiger partial charge >= 0.3 is 12.4 Å². The van der Waals surface area contributed by atoms with Crippen molar-refractivity contribution in [2.24, 2.45) is 0 Å². The number of methoxy groups -OCH3 is 2. The van der Waals surface area contributed by atoms with E-state index in [-0.39, 0.29) is 11.8 Å². The van der Waals surface area contributed by atoms with Crippen LogP contribution in [0.15, 0.2) is 36.4 Å². The Morgan fingerprint density at radius 3 is 1.78 bits per heavy atom. The molecule has 0 bridgehead atoms. The Morgan fingerprint density at radius 2 is 1.28 bits per heavy atom. The van der Waals surface area contributed by atoms with E-state index < -0.39 is 24.9 Å². The first-order valence-electron chi connectivity index (χ1n) is 14.1. The lowest BCUT2D eigenvalue weighted by atomic mass is 9.91. The number of halogens is 6. The molecule has 2 atom stereocenters. The van der Waals surface area contributed by atoms with Crippen molar-refractivity contribution in [2.45, 2.75) is 37.3 Å². The van der Waals surface area contributed by atoms with Gasteiger partial charge in [0.05, 0.1) is 19.8 Å². The van der Waals surface area contributed by atoms with Crippen molar-refractivity contribution in [3.63, 3.8) is 0 Å². The number of nitrogens with zero attached hydrogens (tertiary/aromatic N) is 2. The first-order chi connectivity index (χ1) is 21.7. The van der Waals surface area contributed by atoms with Crippen LogP contribution in [0.3, 0.4) is 0 Å². The average Bonchev–Trinajstić information content (AvgIpc) is 3.04. The van der Waals surface area contributed by atoms with E-state index in [2.05, 4.69) is 10.6 Å². The number of rotatable bonds is 2. The van der Waals surface area contributed by atoms with E-state index in [1.54, 1.807) is 14.2 Å². The van der Waals surface area contributed by atoms with Gasteiger partial charge in [-0.2, -0.15) is 26.3 Å².